The first-order valence-corrected chi connectivity index (χ1v) is 28.6. The van der Waals surface area contributed by atoms with Gasteiger partial charge >= 0.3 is 5.97 Å². The molecule has 4 fully saturated rings. The monoisotopic (exact) mass is 1120 g/mol. The van der Waals surface area contributed by atoms with Crippen LogP contribution >= 0.6 is 0 Å². The molecular formula is C64H76N4O14. The lowest BCUT2D eigenvalue weighted by molar-refractivity contribution is -0.373. The molecule has 18 heteroatoms. The lowest BCUT2D eigenvalue weighted by Gasteiger charge is -2.55. The summed E-state index contributed by atoms with van der Waals surface area (Å²) in [6.07, 6.45) is 6.61. The molecule has 18 nitrogen and oxygen atoms in total. The molecule has 436 valence electrons. The average Bonchev–Trinajstić information content (AvgIpc) is 1.40. The number of aliphatic hydroxyl groups excluding tert-OH is 3. The number of fused-ring (bicyclic) bond motifs is 7. The van der Waals surface area contributed by atoms with Crippen molar-refractivity contribution in [3.8, 4) is 23.0 Å². The van der Waals surface area contributed by atoms with Crippen LogP contribution in [0.3, 0.4) is 0 Å². The number of benzene rings is 3. The normalized spacial score (nSPS) is 29.9. The van der Waals surface area contributed by atoms with Gasteiger partial charge in [0.05, 0.1) is 58.3 Å². The molecule has 3 saturated heterocycles. The number of nitrogens with zero attached hydrogens (tertiary/aromatic N) is 2. The van der Waals surface area contributed by atoms with E-state index in [1.807, 2.05) is 71.0 Å². The summed E-state index contributed by atoms with van der Waals surface area (Å²) in [7, 11) is 0. The number of aromatic nitrogens is 2. The van der Waals surface area contributed by atoms with Gasteiger partial charge in [0.25, 0.3) is 0 Å². The van der Waals surface area contributed by atoms with Gasteiger partial charge in [0.1, 0.15) is 47.3 Å². The molecule has 7 aliphatic rings. The maximum atomic E-state index is 15.6. The highest BCUT2D eigenvalue weighted by atomic mass is 16.8. The molecule has 0 radical (unpaired) electrons. The van der Waals surface area contributed by atoms with E-state index < -0.39 is 76.8 Å². The number of ketones is 1. The van der Waals surface area contributed by atoms with Crippen molar-refractivity contribution in [1.29, 1.82) is 0 Å². The maximum Gasteiger partial charge on any atom is 0.343 e. The Morgan fingerprint density at radius 3 is 2.41 bits per heavy atom. The lowest BCUT2D eigenvalue weighted by Crippen LogP contribution is -2.68. The van der Waals surface area contributed by atoms with Crippen LogP contribution in [-0.2, 0) is 35.0 Å². The van der Waals surface area contributed by atoms with Crippen molar-refractivity contribution >= 4 is 46.4 Å². The fraction of sp³-hybridized carbons (Fsp3) is 0.500. The first kappa shape index (κ1) is 57.2. The number of amides is 1. The molecule has 1 aliphatic carbocycles. The van der Waals surface area contributed by atoms with Crippen LogP contribution in [0.5, 0.6) is 23.0 Å². The highest BCUT2D eigenvalue weighted by Gasteiger charge is 2.78. The minimum absolute atomic E-state index is 0.0351. The van der Waals surface area contributed by atoms with E-state index in [0.29, 0.717) is 70.2 Å². The summed E-state index contributed by atoms with van der Waals surface area (Å²) in [4.78, 5) is 49.4. The van der Waals surface area contributed by atoms with Crippen LogP contribution in [0.4, 0.5) is 5.95 Å². The molecule has 7 heterocycles. The number of carbonyl (C=O) groups is 3. The molecule has 1 amide bonds. The van der Waals surface area contributed by atoms with E-state index >= 15 is 9.59 Å². The number of rotatable bonds is 14. The van der Waals surface area contributed by atoms with Crippen molar-refractivity contribution in [3.63, 3.8) is 0 Å². The minimum Gasteiger partial charge on any atom is -0.482 e. The number of hydrogen-bond donors (Lipinski definition) is 5. The van der Waals surface area contributed by atoms with Crippen molar-refractivity contribution in [2.45, 2.75) is 180 Å². The predicted octanol–water partition coefficient (Wildman–Crippen LogP) is 9.15. The maximum absolute atomic E-state index is 15.6. The van der Waals surface area contributed by atoms with Crippen LogP contribution in [0.25, 0.3) is 22.8 Å². The number of hydrogen-bond acceptors (Lipinski definition) is 16. The number of aliphatic hydroxyl groups is 3. The molecule has 4 aromatic rings. The molecule has 10 atom stereocenters. The zero-order valence-electron chi connectivity index (χ0n) is 48.6. The van der Waals surface area contributed by atoms with Crippen LogP contribution in [0.15, 0.2) is 95.1 Å². The molecule has 5 N–H and O–H groups in total. The highest BCUT2D eigenvalue weighted by molar-refractivity contribution is 6.01. The largest absolute Gasteiger partial charge is 0.482 e. The Hall–Kier alpha value is -6.64. The minimum atomic E-state index is -1.71. The fourth-order valence-corrected chi connectivity index (χ4v) is 13.3. The summed E-state index contributed by atoms with van der Waals surface area (Å²) in [5.41, 5.74) is 2.04. The van der Waals surface area contributed by atoms with E-state index in [1.165, 1.54) is 5.57 Å². The SMILES string of the molecule is CC(C)=CCCC1(C)C=Cc2c(c(CC=C(C)C)c3c(c2OC(=O)c2ccc(O[C@@H]4O[C@@H]5COC(C)(C)O[C@H]5[C@H](O)[C@H]4O)cc2)C2=C(C(C)n4c(nc5ccccc54)N2)C2(O3)[C@@H]3CCC(=O)C2(C/C=C(/C)C(=O)NCCO)OC3(C)C)O1. The number of allylic oxidation sites excluding steroid dienone is 4. The molecule has 1 spiro atoms. The second-order valence-corrected chi connectivity index (χ2v) is 24.5. The Bertz CT molecular complexity index is 3400. The Labute approximate surface area is 478 Å². The third-order valence-corrected chi connectivity index (χ3v) is 17.3. The third-order valence-electron chi connectivity index (χ3n) is 17.3. The van der Waals surface area contributed by atoms with Gasteiger partial charge in [0.15, 0.2) is 28.5 Å². The quantitative estimate of drug-likeness (QED) is 0.0343. The molecule has 82 heavy (non-hydrogen) atoms. The zero-order chi connectivity index (χ0) is 58.4. The van der Waals surface area contributed by atoms with E-state index in [0.717, 1.165) is 23.0 Å². The van der Waals surface area contributed by atoms with Gasteiger partial charge in [0, 0.05) is 42.0 Å². The van der Waals surface area contributed by atoms with Crippen molar-refractivity contribution in [3.05, 3.63) is 117 Å². The standard InChI is InChI=1S/C64H76N4O14/c1-34(2)15-14-28-62(11)29-27-41-52(80-62)40(23-18-35(3)4)54-47(53(41)78-57(74)38-19-21-39(22-20-38)76-58-51(72)50(71)55-44(77-58)33-75-61(9,10)79-55)49-48(37(6)68-43-17-13-12-16-42(43)66-59(68)67-49)64(81-54)45-24-25-46(70)63(64,82-60(45,7)8)30-26-36(5)56(73)65-31-32-69/h12-13,15-22,26-27,29,37,44-45,50-51,55,58,69,71-72H,14,23-25,28,30-33H2,1-11H3,(H,65,73)(H,66,67)/b36-26-/t37?,44-,45-,50-,51-,55-,58-,62?,63?,64?/m1/s1. The van der Waals surface area contributed by atoms with Gasteiger partial charge in [-0.1, -0.05) is 41.5 Å². The van der Waals surface area contributed by atoms with Gasteiger partial charge < -0.3 is 68.4 Å². The number of esters is 1. The Morgan fingerprint density at radius 2 is 1.68 bits per heavy atom. The van der Waals surface area contributed by atoms with Crippen LogP contribution < -0.4 is 29.6 Å². The predicted molar refractivity (Wildman–Crippen MR) is 306 cm³/mol. The van der Waals surface area contributed by atoms with Crippen molar-refractivity contribution < 1.29 is 67.6 Å². The molecule has 11 rings (SSSR count). The van der Waals surface area contributed by atoms with Crippen LogP contribution in [0, 0.1) is 5.92 Å². The molecule has 1 aromatic heterocycles. The second-order valence-electron chi connectivity index (χ2n) is 24.5. The Morgan fingerprint density at radius 1 is 0.939 bits per heavy atom. The topological polar surface area (TPSA) is 228 Å². The molecule has 2 bridgehead atoms. The number of imidazole rings is 1. The number of nitrogens with one attached hydrogen (secondary N) is 2. The second kappa shape index (κ2) is 21.2. The molecule has 1 saturated carbocycles. The summed E-state index contributed by atoms with van der Waals surface area (Å²) in [6, 6.07) is 13.5. The van der Waals surface area contributed by atoms with Crippen molar-refractivity contribution in [2.24, 2.45) is 5.92 Å². The first-order chi connectivity index (χ1) is 38.9. The summed E-state index contributed by atoms with van der Waals surface area (Å²) in [5.74, 6) is -1.02. The van der Waals surface area contributed by atoms with Crippen LogP contribution in [0.2, 0.25) is 0 Å². The summed E-state index contributed by atoms with van der Waals surface area (Å²) in [5, 5.41) is 38.4. The van der Waals surface area contributed by atoms with Gasteiger partial charge in [0.2, 0.25) is 18.1 Å². The first-order valence-electron chi connectivity index (χ1n) is 28.6. The summed E-state index contributed by atoms with van der Waals surface area (Å²) in [6.45, 7) is 21.3. The molecule has 6 aliphatic heterocycles. The van der Waals surface area contributed by atoms with Crippen LogP contribution in [0.1, 0.15) is 141 Å². The third kappa shape index (κ3) is 9.66. The van der Waals surface area contributed by atoms with Gasteiger partial charge in [-0.3, -0.25) is 9.59 Å². The number of Topliss-reactive ketones (excluding diaryl/α,β-unsaturated/α-hetero) is 1. The van der Waals surface area contributed by atoms with E-state index in [2.05, 4.69) is 48.1 Å². The summed E-state index contributed by atoms with van der Waals surface area (Å²) >= 11 is 0. The summed E-state index contributed by atoms with van der Waals surface area (Å²) < 4.78 is 55.5. The average molecular weight is 1130 g/mol. The highest BCUT2D eigenvalue weighted by Crippen LogP contribution is 2.69. The van der Waals surface area contributed by atoms with Crippen molar-refractivity contribution in [2.75, 3.05) is 25.1 Å². The fourth-order valence-electron chi connectivity index (χ4n) is 13.3. The Balaban J connectivity index is 1.10. The van der Waals surface area contributed by atoms with E-state index in [1.54, 1.807) is 51.1 Å². The van der Waals surface area contributed by atoms with Gasteiger partial charge in [-0.25, -0.2) is 9.78 Å². The number of ether oxygens (including phenoxy) is 8. The molecule has 4 unspecified atom stereocenters. The molecule has 3 aromatic carbocycles. The number of anilines is 1. The van der Waals surface area contributed by atoms with E-state index in [-0.39, 0.29) is 61.4 Å². The van der Waals surface area contributed by atoms with Crippen LogP contribution in [-0.4, -0.2) is 121 Å². The zero-order valence-corrected chi connectivity index (χ0v) is 48.6. The van der Waals surface area contributed by atoms with Gasteiger partial charge in [-0.15, -0.1) is 0 Å². The van der Waals surface area contributed by atoms with E-state index in [9.17, 15) is 20.1 Å². The van der Waals surface area contributed by atoms with Crippen molar-refractivity contribution in [1.82, 2.24) is 14.9 Å². The lowest BCUT2D eigenvalue weighted by atomic mass is 9.57. The Kier molecular flexibility index (Phi) is 14.8. The number of carbonyl (C=O) groups excluding carboxylic acids is 3. The van der Waals surface area contributed by atoms with Gasteiger partial charge in [-0.05, 0) is 150 Å². The number of para-hydroxylation sites is 2. The van der Waals surface area contributed by atoms with Gasteiger partial charge in [-0.2, -0.15) is 0 Å². The molecular weight excluding hydrogens is 1050 g/mol. The van der Waals surface area contributed by atoms with E-state index in [4.69, 9.17) is 42.9 Å². The smallest absolute Gasteiger partial charge is 0.343 e.